The molecule has 1 fully saturated rings. The van der Waals surface area contributed by atoms with E-state index in [4.69, 9.17) is 0 Å². The van der Waals surface area contributed by atoms with Gasteiger partial charge in [-0.3, -0.25) is 4.79 Å². The highest BCUT2D eigenvalue weighted by atomic mass is 32.1. The lowest BCUT2D eigenvalue weighted by Gasteiger charge is -2.32. The van der Waals surface area contributed by atoms with Gasteiger partial charge in [0.05, 0.1) is 11.2 Å². The fraction of sp³-hybridized carbons (Fsp3) is 0.600. The minimum atomic E-state index is 0.142. The molecule has 1 aromatic rings. The van der Waals surface area contributed by atoms with Gasteiger partial charge in [-0.2, -0.15) is 0 Å². The molecule has 0 N–H and O–H groups in total. The first kappa shape index (κ1) is 10.6. The van der Waals surface area contributed by atoms with Crippen LogP contribution >= 0.6 is 11.3 Å². The fourth-order valence-corrected chi connectivity index (χ4v) is 2.43. The summed E-state index contributed by atoms with van der Waals surface area (Å²) in [6.45, 7) is 5.46. The van der Waals surface area contributed by atoms with E-state index in [-0.39, 0.29) is 5.91 Å². The Morgan fingerprint density at radius 1 is 1.40 bits per heavy atom. The maximum Gasteiger partial charge on any atom is 0.265 e. The summed E-state index contributed by atoms with van der Waals surface area (Å²) in [6.07, 6.45) is 0. The van der Waals surface area contributed by atoms with Gasteiger partial charge in [0, 0.05) is 26.2 Å². The minimum Gasteiger partial charge on any atom is -0.335 e. The van der Waals surface area contributed by atoms with E-state index in [0.29, 0.717) is 0 Å². The van der Waals surface area contributed by atoms with Gasteiger partial charge < -0.3 is 9.80 Å². The van der Waals surface area contributed by atoms with Crippen molar-refractivity contribution in [1.29, 1.82) is 0 Å². The number of rotatable bonds is 1. The molecular weight excluding hydrogens is 210 g/mol. The van der Waals surface area contributed by atoms with Gasteiger partial charge in [-0.1, -0.05) is 0 Å². The number of piperazine rings is 1. The lowest BCUT2D eigenvalue weighted by atomic mass is 10.3. The van der Waals surface area contributed by atoms with Crippen LogP contribution in [0.15, 0.2) is 5.51 Å². The summed E-state index contributed by atoms with van der Waals surface area (Å²) >= 11 is 1.44. The van der Waals surface area contributed by atoms with Crippen LogP contribution in [0.1, 0.15) is 15.4 Å². The van der Waals surface area contributed by atoms with Gasteiger partial charge in [0.1, 0.15) is 4.88 Å². The van der Waals surface area contributed by atoms with Crippen LogP contribution in [0, 0.1) is 6.92 Å². The molecule has 82 valence electrons. The number of thiazole rings is 1. The number of aromatic nitrogens is 1. The van der Waals surface area contributed by atoms with Crippen LogP contribution in [0.2, 0.25) is 0 Å². The Morgan fingerprint density at radius 2 is 2.07 bits per heavy atom. The van der Waals surface area contributed by atoms with Crippen LogP contribution in [0.5, 0.6) is 0 Å². The molecule has 0 radical (unpaired) electrons. The van der Waals surface area contributed by atoms with Crippen molar-refractivity contribution in [3.8, 4) is 0 Å². The maximum atomic E-state index is 12.1. The third kappa shape index (κ3) is 2.18. The molecule has 0 atom stereocenters. The number of aryl methyl sites for hydroxylation is 1. The quantitative estimate of drug-likeness (QED) is 0.710. The second kappa shape index (κ2) is 4.28. The van der Waals surface area contributed by atoms with Crippen molar-refractivity contribution in [2.24, 2.45) is 0 Å². The van der Waals surface area contributed by atoms with E-state index in [9.17, 15) is 4.79 Å². The molecular formula is C10H15N3OS. The molecule has 0 spiro atoms. The molecule has 4 nitrogen and oxygen atoms in total. The van der Waals surface area contributed by atoms with Crippen LogP contribution in [0.25, 0.3) is 0 Å². The summed E-state index contributed by atoms with van der Waals surface area (Å²) in [5.74, 6) is 0.142. The first-order chi connectivity index (χ1) is 7.18. The number of hydrogen-bond donors (Lipinski definition) is 0. The zero-order chi connectivity index (χ0) is 10.8. The summed E-state index contributed by atoms with van der Waals surface area (Å²) in [6, 6.07) is 0. The standard InChI is InChI=1S/C10H15N3OS/c1-8-9(15-7-11-8)10(14)13-5-3-12(2)4-6-13/h7H,3-6H2,1-2H3. The maximum absolute atomic E-state index is 12.1. The highest BCUT2D eigenvalue weighted by Crippen LogP contribution is 2.15. The van der Waals surface area contributed by atoms with Crippen molar-refractivity contribution in [2.45, 2.75) is 6.92 Å². The van der Waals surface area contributed by atoms with Gasteiger partial charge in [-0.05, 0) is 14.0 Å². The average Bonchev–Trinajstić information content (AvgIpc) is 2.65. The second-order valence-electron chi connectivity index (χ2n) is 3.86. The van der Waals surface area contributed by atoms with Crippen molar-refractivity contribution in [1.82, 2.24) is 14.8 Å². The lowest BCUT2D eigenvalue weighted by Crippen LogP contribution is -2.47. The molecule has 15 heavy (non-hydrogen) atoms. The number of likely N-dealkylation sites (N-methyl/N-ethyl adjacent to an activating group) is 1. The van der Waals surface area contributed by atoms with E-state index in [1.54, 1.807) is 5.51 Å². The number of nitrogens with zero attached hydrogens (tertiary/aromatic N) is 3. The topological polar surface area (TPSA) is 36.4 Å². The summed E-state index contributed by atoms with van der Waals surface area (Å²) < 4.78 is 0. The average molecular weight is 225 g/mol. The van der Waals surface area contributed by atoms with Gasteiger partial charge >= 0.3 is 0 Å². The normalized spacial score (nSPS) is 18.1. The first-order valence-electron chi connectivity index (χ1n) is 5.06. The third-order valence-corrected chi connectivity index (χ3v) is 3.65. The molecule has 5 heteroatoms. The van der Waals surface area contributed by atoms with E-state index >= 15 is 0 Å². The molecule has 2 heterocycles. The van der Waals surface area contributed by atoms with Gasteiger partial charge in [0.2, 0.25) is 0 Å². The fourth-order valence-electron chi connectivity index (χ4n) is 1.66. The van der Waals surface area contributed by atoms with Gasteiger partial charge in [0.15, 0.2) is 0 Å². The molecule has 0 aliphatic carbocycles. The molecule has 1 saturated heterocycles. The molecule has 1 aliphatic rings. The van der Waals surface area contributed by atoms with Crippen LogP contribution in [-0.4, -0.2) is 53.9 Å². The Hall–Kier alpha value is -0.940. The van der Waals surface area contributed by atoms with Crippen LogP contribution < -0.4 is 0 Å². The Kier molecular flexibility index (Phi) is 3.02. The Bertz CT molecular complexity index is 355. The lowest BCUT2D eigenvalue weighted by molar-refractivity contribution is 0.0668. The third-order valence-electron chi connectivity index (χ3n) is 2.73. The minimum absolute atomic E-state index is 0.142. The van der Waals surface area contributed by atoms with Crippen LogP contribution in [0.4, 0.5) is 0 Å². The summed E-state index contributed by atoms with van der Waals surface area (Å²) in [4.78, 5) is 21.1. The monoisotopic (exact) mass is 225 g/mol. The molecule has 0 unspecified atom stereocenters. The van der Waals surface area contributed by atoms with Crippen molar-refractivity contribution in [3.63, 3.8) is 0 Å². The first-order valence-corrected chi connectivity index (χ1v) is 5.94. The summed E-state index contributed by atoms with van der Waals surface area (Å²) in [7, 11) is 2.08. The highest BCUT2D eigenvalue weighted by molar-refractivity contribution is 7.11. The largest absolute Gasteiger partial charge is 0.335 e. The Balaban J connectivity index is 2.06. The zero-order valence-corrected chi connectivity index (χ0v) is 9.88. The number of hydrogen-bond acceptors (Lipinski definition) is 4. The van der Waals surface area contributed by atoms with Crippen molar-refractivity contribution in [2.75, 3.05) is 33.2 Å². The second-order valence-corrected chi connectivity index (χ2v) is 4.72. The molecule has 1 amide bonds. The van der Waals surface area contributed by atoms with Crippen LogP contribution in [0.3, 0.4) is 0 Å². The van der Waals surface area contributed by atoms with E-state index < -0.39 is 0 Å². The van der Waals surface area contributed by atoms with Crippen molar-refractivity contribution in [3.05, 3.63) is 16.1 Å². The van der Waals surface area contributed by atoms with Crippen molar-refractivity contribution >= 4 is 17.2 Å². The molecule has 2 rings (SSSR count). The van der Waals surface area contributed by atoms with Crippen LogP contribution in [-0.2, 0) is 0 Å². The summed E-state index contributed by atoms with van der Waals surface area (Å²) in [5.41, 5.74) is 2.59. The number of carbonyl (C=O) groups is 1. The van der Waals surface area contributed by atoms with Crippen molar-refractivity contribution < 1.29 is 4.79 Å². The Morgan fingerprint density at radius 3 is 2.60 bits per heavy atom. The molecule has 0 saturated carbocycles. The molecule has 0 bridgehead atoms. The Labute approximate surface area is 93.5 Å². The van der Waals surface area contributed by atoms with Gasteiger partial charge in [0.25, 0.3) is 5.91 Å². The van der Waals surface area contributed by atoms with Gasteiger partial charge in [-0.25, -0.2) is 4.98 Å². The van der Waals surface area contributed by atoms with E-state index in [1.165, 1.54) is 11.3 Å². The summed E-state index contributed by atoms with van der Waals surface area (Å²) in [5, 5.41) is 0. The molecule has 0 aromatic carbocycles. The SMILES string of the molecule is Cc1ncsc1C(=O)N1CCN(C)CC1. The van der Waals surface area contributed by atoms with E-state index in [1.807, 2.05) is 11.8 Å². The predicted octanol–water partition coefficient (Wildman–Crippen LogP) is 0.839. The van der Waals surface area contributed by atoms with Gasteiger partial charge in [-0.15, -0.1) is 11.3 Å². The smallest absolute Gasteiger partial charge is 0.265 e. The predicted molar refractivity (Wildman–Crippen MR) is 60.3 cm³/mol. The molecule has 1 aromatic heterocycles. The number of amides is 1. The molecule has 1 aliphatic heterocycles. The zero-order valence-electron chi connectivity index (χ0n) is 9.06. The van der Waals surface area contributed by atoms with E-state index in [2.05, 4.69) is 16.9 Å². The van der Waals surface area contributed by atoms with E-state index in [0.717, 1.165) is 36.8 Å². The number of carbonyl (C=O) groups excluding carboxylic acids is 1. The highest BCUT2D eigenvalue weighted by Gasteiger charge is 2.22.